The molecule has 0 atom stereocenters. The molecule has 2 heterocycles. The number of halogens is 1. The molecule has 0 saturated heterocycles. The number of aromatic carboxylic acids is 1. The maximum absolute atomic E-state index is 13.2. The summed E-state index contributed by atoms with van der Waals surface area (Å²) < 4.78 is 24.9. The maximum Gasteiger partial charge on any atom is 0.340 e. The molecule has 0 saturated carbocycles. The minimum Gasteiger partial charge on any atom is -0.487 e. The lowest BCUT2D eigenvalue weighted by atomic mass is 9.95. The molecule has 5 heteroatoms. The van der Waals surface area contributed by atoms with Crippen molar-refractivity contribution in [3.63, 3.8) is 0 Å². The quantitative estimate of drug-likeness (QED) is 0.744. The van der Waals surface area contributed by atoms with E-state index in [4.69, 9.17) is 9.15 Å². The fraction of sp³-hybridized carbons (Fsp3) is 0.211. The molecule has 0 aliphatic carbocycles. The smallest absolute Gasteiger partial charge is 0.340 e. The van der Waals surface area contributed by atoms with Crippen LogP contribution in [-0.2, 0) is 6.42 Å². The van der Waals surface area contributed by atoms with Crippen LogP contribution in [0.4, 0.5) is 4.39 Å². The average molecular weight is 326 g/mol. The second kappa shape index (κ2) is 4.84. The maximum atomic E-state index is 13.2. The number of benzene rings is 2. The number of furan rings is 1. The van der Waals surface area contributed by atoms with Gasteiger partial charge < -0.3 is 14.3 Å². The minimum absolute atomic E-state index is 0.0924. The van der Waals surface area contributed by atoms with Crippen LogP contribution in [0, 0.1) is 5.82 Å². The fourth-order valence-electron chi connectivity index (χ4n) is 3.28. The van der Waals surface area contributed by atoms with Gasteiger partial charge in [-0.05, 0) is 50.2 Å². The SMILES string of the molecule is CC1(C)Cc2c(ccc3oc(-c4ccc(F)cc4)c(C(=O)O)c23)O1. The Balaban J connectivity index is 2.02. The summed E-state index contributed by atoms with van der Waals surface area (Å²) in [5, 5.41) is 10.3. The Morgan fingerprint density at radius 2 is 1.88 bits per heavy atom. The van der Waals surface area contributed by atoms with Crippen LogP contribution in [0.3, 0.4) is 0 Å². The van der Waals surface area contributed by atoms with Gasteiger partial charge in [0.1, 0.15) is 34.1 Å². The molecule has 2 aromatic carbocycles. The molecule has 1 N–H and O–H groups in total. The third-order valence-electron chi connectivity index (χ3n) is 4.23. The Labute approximate surface area is 137 Å². The van der Waals surface area contributed by atoms with Crippen LogP contribution in [0.2, 0.25) is 0 Å². The Hall–Kier alpha value is -2.82. The van der Waals surface area contributed by atoms with Crippen molar-refractivity contribution < 1.29 is 23.4 Å². The normalized spacial score (nSPS) is 15.3. The van der Waals surface area contributed by atoms with Crippen LogP contribution in [0.25, 0.3) is 22.3 Å². The summed E-state index contributed by atoms with van der Waals surface area (Å²) in [7, 11) is 0. The van der Waals surface area contributed by atoms with Crippen LogP contribution < -0.4 is 4.74 Å². The van der Waals surface area contributed by atoms with Crippen LogP contribution in [0.5, 0.6) is 5.75 Å². The van der Waals surface area contributed by atoms with Crippen molar-refractivity contribution in [1.82, 2.24) is 0 Å². The topological polar surface area (TPSA) is 59.7 Å². The summed E-state index contributed by atoms with van der Waals surface area (Å²) in [5.41, 5.74) is 1.56. The van der Waals surface area contributed by atoms with E-state index in [-0.39, 0.29) is 22.7 Å². The Morgan fingerprint density at radius 1 is 1.17 bits per heavy atom. The molecule has 0 unspecified atom stereocenters. The second-order valence-corrected chi connectivity index (χ2v) is 6.57. The van der Waals surface area contributed by atoms with Crippen LogP contribution in [-0.4, -0.2) is 16.7 Å². The third-order valence-corrected chi connectivity index (χ3v) is 4.23. The van der Waals surface area contributed by atoms with E-state index in [2.05, 4.69) is 0 Å². The molecule has 4 nitrogen and oxygen atoms in total. The van der Waals surface area contributed by atoms with Crippen molar-refractivity contribution in [3.05, 3.63) is 53.3 Å². The van der Waals surface area contributed by atoms with E-state index in [0.717, 1.165) is 5.56 Å². The van der Waals surface area contributed by atoms with Crippen molar-refractivity contribution in [2.75, 3.05) is 0 Å². The fourth-order valence-corrected chi connectivity index (χ4v) is 3.28. The predicted octanol–water partition coefficient (Wildman–Crippen LogP) is 4.65. The zero-order valence-corrected chi connectivity index (χ0v) is 13.2. The summed E-state index contributed by atoms with van der Waals surface area (Å²) in [5.74, 6) is -0.550. The van der Waals surface area contributed by atoms with Gasteiger partial charge in [-0.2, -0.15) is 0 Å². The van der Waals surface area contributed by atoms with E-state index in [1.165, 1.54) is 24.3 Å². The molecular weight excluding hydrogens is 311 g/mol. The summed E-state index contributed by atoms with van der Waals surface area (Å²) in [6.07, 6.45) is 0.600. The molecule has 24 heavy (non-hydrogen) atoms. The first-order chi connectivity index (χ1) is 11.4. The highest BCUT2D eigenvalue weighted by Gasteiger charge is 2.35. The van der Waals surface area contributed by atoms with E-state index in [1.54, 1.807) is 12.1 Å². The molecule has 0 amide bonds. The lowest BCUT2D eigenvalue weighted by Gasteiger charge is -2.16. The second-order valence-electron chi connectivity index (χ2n) is 6.57. The molecule has 1 aromatic heterocycles. The highest BCUT2D eigenvalue weighted by molar-refractivity contribution is 6.09. The molecule has 1 aliphatic heterocycles. The predicted molar refractivity (Wildman–Crippen MR) is 87.0 cm³/mol. The minimum atomic E-state index is -1.08. The lowest BCUT2D eigenvalue weighted by molar-refractivity contribution is 0.0699. The Kier molecular flexibility index (Phi) is 2.97. The molecule has 3 aromatic rings. The summed E-state index contributed by atoms with van der Waals surface area (Å²) >= 11 is 0. The molecule has 1 aliphatic rings. The number of fused-ring (bicyclic) bond motifs is 3. The van der Waals surface area contributed by atoms with Crippen LogP contribution in [0.15, 0.2) is 40.8 Å². The van der Waals surface area contributed by atoms with Gasteiger partial charge in [-0.1, -0.05) is 0 Å². The number of carbonyl (C=O) groups is 1. The van der Waals surface area contributed by atoms with E-state index in [0.29, 0.717) is 28.7 Å². The van der Waals surface area contributed by atoms with Gasteiger partial charge in [0.25, 0.3) is 0 Å². The monoisotopic (exact) mass is 326 g/mol. The lowest BCUT2D eigenvalue weighted by Crippen LogP contribution is -2.24. The molecule has 0 radical (unpaired) electrons. The Morgan fingerprint density at radius 3 is 2.54 bits per heavy atom. The molecule has 122 valence electrons. The zero-order chi connectivity index (χ0) is 17.1. The number of carboxylic acids is 1. The number of carboxylic acid groups (broad SMARTS) is 1. The zero-order valence-electron chi connectivity index (χ0n) is 13.2. The van der Waals surface area contributed by atoms with Crippen LogP contribution in [0.1, 0.15) is 29.8 Å². The van der Waals surface area contributed by atoms with E-state index in [1.807, 2.05) is 13.8 Å². The van der Waals surface area contributed by atoms with E-state index in [9.17, 15) is 14.3 Å². The van der Waals surface area contributed by atoms with Gasteiger partial charge in [-0.3, -0.25) is 0 Å². The Bertz CT molecular complexity index is 967. The first-order valence-electron chi connectivity index (χ1n) is 7.62. The van der Waals surface area contributed by atoms with Crippen molar-refractivity contribution in [3.8, 4) is 17.1 Å². The number of rotatable bonds is 2. The third kappa shape index (κ3) is 2.16. The van der Waals surface area contributed by atoms with Gasteiger partial charge in [-0.25, -0.2) is 9.18 Å². The van der Waals surface area contributed by atoms with Gasteiger partial charge >= 0.3 is 5.97 Å². The molecule has 0 spiro atoms. The summed E-state index contributed by atoms with van der Waals surface area (Å²) in [6, 6.07) is 9.11. The summed E-state index contributed by atoms with van der Waals surface area (Å²) in [6.45, 7) is 3.92. The molecular formula is C19H15FO4. The number of hydrogen-bond donors (Lipinski definition) is 1. The average Bonchev–Trinajstić information content (AvgIpc) is 3.03. The van der Waals surface area contributed by atoms with Crippen molar-refractivity contribution in [2.24, 2.45) is 0 Å². The highest BCUT2D eigenvalue weighted by Crippen LogP contribution is 2.44. The summed E-state index contributed by atoms with van der Waals surface area (Å²) in [4.78, 5) is 11.9. The number of ether oxygens (including phenoxy) is 1. The van der Waals surface area contributed by atoms with Gasteiger partial charge in [-0.15, -0.1) is 0 Å². The number of hydrogen-bond acceptors (Lipinski definition) is 3. The van der Waals surface area contributed by atoms with Gasteiger partial charge in [0.2, 0.25) is 0 Å². The van der Waals surface area contributed by atoms with Gasteiger partial charge in [0.15, 0.2) is 0 Å². The standard InChI is InChI=1S/C19H15FO4/c1-19(2)9-12-13(24-19)7-8-14-15(12)16(18(21)22)17(23-14)10-3-5-11(20)6-4-10/h3-8H,9H2,1-2H3,(H,21,22). The molecule has 0 bridgehead atoms. The van der Waals surface area contributed by atoms with Gasteiger partial charge in [0.05, 0.1) is 0 Å². The van der Waals surface area contributed by atoms with Crippen LogP contribution >= 0.6 is 0 Å². The van der Waals surface area contributed by atoms with Crippen molar-refractivity contribution >= 4 is 16.9 Å². The highest BCUT2D eigenvalue weighted by atomic mass is 19.1. The van der Waals surface area contributed by atoms with Crippen molar-refractivity contribution in [2.45, 2.75) is 25.9 Å². The molecule has 4 rings (SSSR count). The first-order valence-corrected chi connectivity index (χ1v) is 7.62. The van der Waals surface area contributed by atoms with Gasteiger partial charge in [0, 0.05) is 22.9 Å². The van der Waals surface area contributed by atoms with E-state index >= 15 is 0 Å². The van der Waals surface area contributed by atoms with E-state index < -0.39 is 5.97 Å². The largest absolute Gasteiger partial charge is 0.487 e. The first kappa shape index (κ1) is 14.8. The van der Waals surface area contributed by atoms with Crippen molar-refractivity contribution in [1.29, 1.82) is 0 Å². The molecule has 0 fully saturated rings.